The first-order valence-electron chi connectivity index (χ1n) is 25.3. The first-order chi connectivity index (χ1) is 39.1. The molecule has 0 amide bonds. The van der Waals surface area contributed by atoms with Gasteiger partial charge in [0.15, 0.2) is 40.7 Å². The van der Waals surface area contributed by atoms with Gasteiger partial charge in [0.2, 0.25) is 0 Å². The molecule has 8 nitrogen and oxygen atoms in total. The van der Waals surface area contributed by atoms with E-state index >= 15 is 17.6 Å². The zero-order chi connectivity index (χ0) is 54.2. The van der Waals surface area contributed by atoms with E-state index in [1.54, 1.807) is 122 Å². The first kappa shape index (κ1) is 47.8. The monoisotopic (exact) mass is 1050 g/mol. The van der Waals surface area contributed by atoms with Gasteiger partial charge >= 0.3 is 0 Å². The van der Waals surface area contributed by atoms with Crippen molar-refractivity contribution in [1.29, 1.82) is 0 Å². The highest BCUT2D eigenvalue weighted by atomic mass is 19.2. The first-order valence-corrected chi connectivity index (χ1v) is 25.3. The van der Waals surface area contributed by atoms with Gasteiger partial charge in [-0.15, -0.1) is 0 Å². The van der Waals surface area contributed by atoms with Crippen molar-refractivity contribution in [3.8, 4) is 90.6 Å². The van der Waals surface area contributed by atoms with Crippen LogP contribution >= 0.6 is 0 Å². The molecular formula is C66H36F6N8. The SMILES string of the molecule is Fc1ccc2c(c1)c1cc(F)ccc1n2-c1ccc(-c2nc(-c3ccccn3)nc(-c3cc(-c4ccc(-c5cc(-c6c(F)c(F)c(-n7c8ccccc8c8ccccc87)c(F)c6F)cc(-c6ccccc6)n5)cc4)ccn3)n2)cc1. The fourth-order valence-electron chi connectivity index (χ4n) is 10.6. The number of fused-ring (bicyclic) bond motifs is 6. The lowest BCUT2D eigenvalue weighted by molar-refractivity contribution is 0.454. The van der Waals surface area contributed by atoms with E-state index in [-0.39, 0.29) is 11.4 Å². The van der Waals surface area contributed by atoms with Crippen LogP contribution in [0.3, 0.4) is 0 Å². The molecule has 8 aromatic carbocycles. The predicted molar refractivity (Wildman–Crippen MR) is 300 cm³/mol. The summed E-state index contributed by atoms with van der Waals surface area (Å²) in [6.45, 7) is 0. The van der Waals surface area contributed by atoms with Crippen LogP contribution in [0.1, 0.15) is 0 Å². The summed E-state index contributed by atoms with van der Waals surface area (Å²) in [5, 5.41) is 2.50. The molecule has 0 N–H and O–H groups in total. The van der Waals surface area contributed by atoms with E-state index in [0.29, 0.717) is 94.7 Å². The standard InChI is InChI=1S/C66H36F6N8/c67-43-23-27-56-48(35-43)49-36-44(68)24-28-57(49)79(56)45-25-21-40(22-26-45)64-76-65(50-14-8-9-30-73-50)78-66(77-64)53-32-41(29-31-74-53)37-17-19-39(20-18-37)52-34-42(33-51(75-52)38-10-2-1-3-11-38)58-59(69)61(71)63(62(72)60(58)70)80-54-15-6-4-12-46(54)47-13-5-7-16-55(47)80/h1-36H. The lowest BCUT2D eigenvalue weighted by Gasteiger charge is -2.16. The fraction of sp³-hybridized carbons (Fsp3) is 0. The molecule has 0 saturated heterocycles. The molecule has 0 aliphatic rings. The Morgan fingerprint density at radius 3 is 1.40 bits per heavy atom. The summed E-state index contributed by atoms with van der Waals surface area (Å²) in [7, 11) is 0. The van der Waals surface area contributed by atoms with Crippen LogP contribution in [0.4, 0.5) is 26.3 Å². The van der Waals surface area contributed by atoms with Crippen LogP contribution in [0.5, 0.6) is 0 Å². The maximum absolute atomic E-state index is 16.8. The molecule has 0 bridgehead atoms. The van der Waals surface area contributed by atoms with Crippen LogP contribution in [0.2, 0.25) is 0 Å². The van der Waals surface area contributed by atoms with Crippen molar-refractivity contribution < 1.29 is 26.3 Å². The van der Waals surface area contributed by atoms with Crippen LogP contribution < -0.4 is 0 Å². The maximum Gasteiger partial charge on any atom is 0.186 e. The Morgan fingerprint density at radius 2 is 0.787 bits per heavy atom. The number of rotatable bonds is 9. The van der Waals surface area contributed by atoms with Crippen molar-refractivity contribution in [2.24, 2.45) is 0 Å². The minimum atomic E-state index is -1.55. The molecule has 0 atom stereocenters. The van der Waals surface area contributed by atoms with Crippen LogP contribution in [0.15, 0.2) is 219 Å². The van der Waals surface area contributed by atoms with Gasteiger partial charge in [0, 0.05) is 56.3 Å². The molecular weight excluding hydrogens is 1020 g/mol. The summed E-state index contributed by atoms with van der Waals surface area (Å²) < 4.78 is 99.1. The van der Waals surface area contributed by atoms with Gasteiger partial charge in [-0.05, 0) is 126 Å². The number of hydrogen-bond acceptors (Lipinski definition) is 6. The summed E-state index contributed by atoms with van der Waals surface area (Å²) >= 11 is 0. The molecule has 382 valence electrons. The van der Waals surface area contributed by atoms with Gasteiger partial charge in [0.05, 0.1) is 39.0 Å². The quantitative estimate of drug-likeness (QED) is 0.106. The normalized spacial score (nSPS) is 11.6. The van der Waals surface area contributed by atoms with Crippen molar-refractivity contribution in [2.75, 3.05) is 0 Å². The topological polar surface area (TPSA) is 87.2 Å². The number of para-hydroxylation sites is 2. The Kier molecular flexibility index (Phi) is 11.4. The second-order valence-electron chi connectivity index (χ2n) is 19.1. The smallest absolute Gasteiger partial charge is 0.186 e. The minimum absolute atomic E-state index is 0.116. The molecule has 6 heterocycles. The van der Waals surface area contributed by atoms with Crippen molar-refractivity contribution in [3.63, 3.8) is 0 Å². The summed E-state index contributed by atoms with van der Waals surface area (Å²) in [6, 6.07) is 58.5. The Bertz CT molecular complexity index is 4630. The van der Waals surface area contributed by atoms with Crippen LogP contribution in [-0.4, -0.2) is 39.0 Å². The second kappa shape index (κ2) is 19.1. The van der Waals surface area contributed by atoms with Crippen LogP contribution in [-0.2, 0) is 0 Å². The molecule has 0 aliphatic carbocycles. The van der Waals surface area contributed by atoms with Gasteiger partial charge in [-0.2, -0.15) is 0 Å². The van der Waals surface area contributed by atoms with E-state index in [4.69, 9.17) is 19.9 Å². The molecule has 0 fully saturated rings. The number of pyridine rings is 3. The highest BCUT2D eigenvalue weighted by Gasteiger charge is 2.30. The molecule has 0 saturated carbocycles. The molecule has 14 rings (SSSR count). The zero-order valence-corrected chi connectivity index (χ0v) is 41.6. The third-order valence-corrected chi connectivity index (χ3v) is 14.3. The summed E-state index contributed by atoms with van der Waals surface area (Å²) in [6.07, 6.45) is 3.29. The molecule has 0 unspecified atom stereocenters. The van der Waals surface area contributed by atoms with Crippen molar-refractivity contribution in [1.82, 2.24) is 39.0 Å². The fourth-order valence-corrected chi connectivity index (χ4v) is 10.6. The van der Waals surface area contributed by atoms with Gasteiger partial charge in [-0.3, -0.25) is 9.97 Å². The summed E-state index contributed by atoms with van der Waals surface area (Å²) in [5.41, 5.74) is 6.00. The third kappa shape index (κ3) is 8.11. The Morgan fingerprint density at radius 1 is 0.287 bits per heavy atom. The van der Waals surface area contributed by atoms with E-state index in [2.05, 4.69) is 9.97 Å². The molecule has 0 spiro atoms. The molecule has 14 aromatic rings. The Hall–Kier alpha value is -10.6. The van der Waals surface area contributed by atoms with Crippen molar-refractivity contribution in [2.45, 2.75) is 0 Å². The van der Waals surface area contributed by atoms with E-state index in [1.807, 2.05) is 65.2 Å². The zero-order valence-electron chi connectivity index (χ0n) is 41.6. The minimum Gasteiger partial charge on any atom is -0.309 e. The van der Waals surface area contributed by atoms with E-state index in [9.17, 15) is 8.78 Å². The highest BCUT2D eigenvalue weighted by Crippen LogP contribution is 2.41. The molecule has 0 aliphatic heterocycles. The second-order valence-corrected chi connectivity index (χ2v) is 19.1. The Balaban J connectivity index is 0.821. The summed E-state index contributed by atoms with van der Waals surface area (Å²) in [4.78, 5) is 28.7. The van der Waals surface area contributed by atoms with Gasteiger partial charge in [0.25, 0.3) is 0 Å². The summed E-state index contributed by atoms with van der Waals surface area (Å²) in [5.74, 6) is -6.10. The lowest BCUT2D eigenvalue weighted by atomic mass is 9.97. The van der Waals surface area contributed by atoms with E-state index in [1.165, 1.54) is 41.0 Å². The average Bonchev–Trinajstić information content (AvgIpc) is 4.15. The van der Waals surface area contributed by atoms with Crippen molar-refractivity contribution in [3.05, 3.63) is 254 Å². The number of aromatic nitrogens is 8. The van der Waals surface area contributed by atoms with E-state index < -0.39 is 46.2 Å². The average molecular weight is 1060 g/mol. The molecule has 14 heteroatoms. The predicted octanol–water partition coefficient (Wildman–Crippen LogP) is 16.8. The maximum atomic E-state index is 16.8. The Labute approximate surface area is 451 Å². The van der Waals surface area contributed by atoms with Crippen molar-refractivity contribution >= 4 is 43.6 Å². The van der Waals surface area contributed by atoms with Gasteiger partial charge < -0.3 is 9.13 Å². The molecule has 6 aromatic heterocycles. The number of halogens is 6. The number of benzene rings is 8. The van der Waals surface area contributed by atoms with Gasteiger partial charge in [-0.1, -0.05) is 97.1 Å². The van der Waals surface area contributed by atoms with Crippen LogP contribution in [0.25, 0.3) is 134 Å². The third-order valence-electron chi connectivity index (χ3n) is 14.3. The van der Waals surface area contributed by atoms with E-state index in [0.717, 1.165) is 16.8 Å². The highest BCUT2D eigenvalue weighted by molar-refractivity contribution is 6.10. The van der Waals surface area contributed by atoms with Gasteiger partial charge in [0.1, 0.15) is 28.7 Å². The lowest BCUT2D eigenvalue weighted by Crippen LogP contribution is -2.09. The number of nitrogens with zero attached hydrogens (tertiary/aromatic N) is 8. The molecule has 80 heavy (non-hydrogen) atoms. The largest absolute Gasteiger partial charge is 0.309 e. The molecule has 0 radical (unpaired) electrons. The number of hydrogen-bond donors (Lipinski definition) is 0. The van der Waals surface area contributed by atoms with Gasteiger partial charge in [-0.25, -0.2) is 46.3 Å². The van der Waals surface area contributed by atoms with Crippen LogP contribution in [0, 0.1) is 34.9 Å².